The Morgan fingerprint density at radius 2 is 1.90 bits per heavy atom. The molecular weight excluding hydrogens is 407 g/mol. The molecule has 1 aliphatic carbocycles. The number of rotatable bonds is 5. The van der Waals surface area contributed by atoms with Crippen LogP contribution in [0.2, 0.25) is 0 Å². The van der Waals surface area contributed by atoms with Crippen LogP contribution in [0.3, 0.4) is 0 Å². The van der Waals surface area contributed by atoms with Gasteiger partial charge in [-0.3, -0.25) is 4.79 Å². The fraction of sp³-hybridized carbons (Fsp3) is 0.350. The SMILES string of the molecule is Cc1nn(CC(=O)Nc2ccc(C(F)(F)F)cc2)c2nc(C3CC3)cc(C(F)F)c12. The van der Waals surface area contributed by atoms with Crippen molar-refractivity contribution in [2.45, 2.75) is 44.8 Å². The monoisotopic (exact) mass is 424 g/mol. The Balaban J connectivity index is 1.59. The lowest BCUT2D eigenvalue weighted by Crippen LogP contribution is -2.20. The lowest BCUT2D eigenvalue weighted by Gasteiger charge is -2.10. The Bertz CT molecular complexity index is 1100. The third kappa shape index (κ3) is 3.99. The minimum atomic E-state index is -4.47. The van der Waals surface area contributed by atoms with Gasteiger partial charge in [-0.15, -0.1) is 0 Å². The molecule has 1 fully saturated rings. The van der Waals surface area contributed by atoms with Gasteiger partial charge in [-0.2, -0.15) is 18.3 Å². The largest absolute Gasteiger partial charge is 0.416 e. The molecule has 0 unspecified atom stereocenters. The van der Waals surface area contributed by atoms with Crippen molar-refractivity contribution in [3.63, 3.8) is 0 Å². The molecule has 0 atom stereocenters. The number of pyridine rings is 1. The molecule has 0 radical (unpaired) electrons. The van der Waals surface area contributed by atoms with E-state index in [1.54, 1.807) is 6.92 Å². The second kappa shape index (κ2) is 7.33. The first kappa shape index (κ1) is 20.2. The van der Waals surface area contributed by atoms with E-state index in [2.05, 4.69) is 15.4 Å². The number of hydrogen-bond donors (Lipinski definition) is 1. The molecule has 5 nitrogen and oxygen atoms in total. The van der Waals surface area contributed by atoms with Crippen LogP contribution in [0.5, 0.6) is 0 Å². The Kier molecular flexibility index (Phi) is 4.95. The van der Waals surface area contributed by atoms with Gasteiger partial charge >= 0.3 is 6.18 Å². The average molecular weight is 424 g/mol. The average Bonchev–Trinajstić information content (AvgIpc) is 3.47. The fourth-order valence-electron chi connectivity index (χ4n) is 3.36. The third-order valence-electron chi connectivity index (χ3n) is 4.95. The number of carbonyl (C=O) groups is 1. The minimum absolute atomic E-state index is 0.136. The van der Waals surface area contributed by atoms with E-state index in [4.69, 9.17) is 0 Å². The van der Waals surface area contributed by atoms with E-state index in [1.165, 1.54) is 10.7 Å². The van der Waals surface area contributed by atoms with Crippen LogP contribution in [0.1, 0.15) is 47.7 Å². The first-order chi connectivity index (χ1) is 14.1. The number of anilines is 1. The topological polar surface area (TPSA) is 59.8 Å². The number of amides is 1. The smallest absolute Gasteiger partial charge is 0.324 e. The molecule has 10 heteroatoms. The van der Waals surface area contributed by atoms with Gasteiger partial charge in [0, 0.05) is 22.9 Å². The predicted octanol–water partition coefficient (Wildman–Crippen LogP) is 5.21. The number of nitrogens with one attached hydrogen (secondary N) is 1. The predicted molar refractivity (Wildman–Crippen MR) is 99.3 cm³/mol. The Morgan fingerprint density at radius 1 is 1.23 bits per heavy atom. The van der Waals surface area contributed by atoms with Crippen molar-refractivity contribution in [3.05, 3.63) is 52.8 Å². The second-order valence-electron chi connectivity index (χ2n) is 7.28. The summed E-state index contributed by atoms with van der Waals surface area (Å²) in [6.07, 6.45) is -5.42. The van der Waals surface area contributed by atoms with E-state index >= 15 is 0 Å². The Morgan fingerprint density at radius 3 is 2.47 bits per heavy atom. The number of alkyl halides is 5. The number of benzene rings is 1. The molecule has 30 heavy (non-hydrogen) atoms. The summed E-state index contributed by atoms with van der Waals surface area (Å²) in [5.41, 5.74) is 0.287. The van der Waals surface area contributed by atoms with Crippen LogP contribution >= 0.6 is 0 Å². The summed E-state index contributed by atoms with van der Waals surface area (Å²) in [4.78, 5) is 16.9. The van der Waals surface area contributed by atoms with Gasteiger partial charge in [-0.25, -0.2) is 18.4 Å². The van der Waals surface area contributed by atoms with E-state index in [-0.39, 0.29) is 34.7 Å². The van der Waals surface area contributed by atoms with Crippen LogP contribution in [-0.4, -0.2) is 20.7 Å². The Hall–Kier alpha value is -3.04. The first-order valence-electron chi connectivity index (χ1n) is 9.26. The molecule has 1 aliphatic rings. The van der Waals surface area contributed by atoms with Gasteiger partial charge in [0.05, 0.1) is 16.6 Å². The number of halogens is 5. The molecule has 1 aromatic carbocycles. The maximum atomic E-state index is 13.6. The lowest BCUT2D eigenvalue weighted by molar-refractivity contribution is -0.137. The number of aryl methyl sites for hydroxylation is 1. The number of aromatic nitrogens is 3. The molecule has 0 spiro atoms. The van der Waals surface area contributed by atoms with E-state index in [1.807, 2.05) is 0 Å². The van der Waals surface area contributed by atoms with Crippen molar-refractivity contribution >= 4 is 22.6 Å². The van der Waals surface area contributed by atoms with Gasteiger partial charge in [0.2, 0.25) is 5.91 Å². The van der Waals surface area contributed by atoms with Gasteiger partial charge in [0.15, 0.2) is 5.65 Å². The zero-order valence-corrected chi connectivity index (χ0v) is 15.8. The van der Waals surface area contributed by atoms with Crippen molar-refractivity contribution in [2.24, 2.45) is 0 Å². The molecule has 1 N–H and O–H groups in total. The molecule has 0 aliphatic heterocycles. The van der Waals surface area contributed by atoms with Crippen molar-refractivity contribution < 1.29 is 26.7 Å². The zero-order chi connectivity index (χ0) is 21.6. The van der Waals surface area contributed by atoms with E-state index in [9.17, 15) is 26.7 Å². The maximum Gasteiger partial charge on any atom is 0.416 e. The van der Waals surface area contributed by atoms with Crippen molar-refractivity contribution in [1.82, 2.24) is 14.8 Å². The van der Waals surface area contributed by atoms with Gasteiger partial charge < -0.3 is 5.32 Å². The third-order valence-corrected chi connectivity index (χ3v) is 4.95. The van der Waals surface area contributed by atoms with Crippen LogP contribution in [0.4, 0.5) is 27.6 Å². The standard InChI is InChI=1S/C20H17F5N4O/c1-10-17-14(18(21)22)8-15(11-2-3-11)27-19(17)29(28-10)9-16(30)26-13-6-4-12(5-7-13)20(23,24)25/h4-8,11,18H,2-3,9H2,1H3,(H,26,30). The molecule has 4 rings (SSSR count). The highest BCUT2D eigenvalue weighted by Gasteiger charge is 2.30. The summed E-state index contributed by atoms with van der Waals surface area (Å²) < 4.78 is 66.4. The normalized spacial score (nSPS) is 14.5. The quantitative estimate of drug-likeness (QED) is 0.572. The Labute approximate surface area is 167 Å². The molecule has 0 saturated heterocycles. The van der Waals surface area contributed by atoms with Crippen LogP contribution in [0.25, 0.3) is 11.0 Å². The lowest BCUT2D eigenvalue weighted by atomic mass is 10.1. The number of carbonyl (C=O) groups excluding carboxylic acids is 1. The van der Waals surface area contributed by atoms with Crippen LogP contribution in [-0.2, 0) is 17.5 Å². The molecular formula is C20H17F5N4O. The molecule has 1 saturated carbocycles. The van der Waals surface area contributed by atoms with Crippen molar-refractivity contribution in [1.29, 1.82) is 0 Å². The van der Waals surface area contributed by atoms with Crippen molar-refractivity contribution in [2.75, 3.05) is 5.32 Å². The second-order valence-corrected chi connectivity index (χ2v) is 7.28. The summed E-state index contributed by atoms with van der Waals surface area (Å²) in [5.74, 6) is -0.423. The molecule has 2 aromatic heterocycles. The van der Waals surface area contributed by atoms with E-state index in [0.29, 0.717) is 11.4 Å². The minimum Gasteiger partial charge on any atom is -0.324 e. The summed E-state index contributed by atoms with van der Waals surface area (Å²) in [5, 5.41) is 6.90. The molecule has 0 bridgehead atoms. The van der Waals surface area contributed by atoms with Crippen LogP contribution in [0.15, 0.2) is 30.3 Å². The van der Waals surface area contributed by atoms with Crippen LogP contribution in [0, 0.1) is 6.92 Å². The fourth-order valence-corrected chi connectivity index (χ4v) is 3.36. The number of hydrogen-bond acceptors (Lipinski definition) is 3. The summed E-state index contributed by atoms with van der Waals surface area (Å²) in [7, 11) is 0. The van der Waals surface area contributed by atoms with Crippen LogP contribution < -0.4 is 5.32 Å². The number of nitrogens with zero attached hydrogens (tertiary/aromatic N) is 3. The first-order valence-corrected chi connectivity index (χ1v) is 9.26. The zero-order valence-electron chi connectivity index (χ0n) is 15.8. The molecule has 1 amide bonds. The summed E-state index contributed by atoms with van der Waals surface area (Å²) in [6.45, 7) is 1.26. The molecule has 2 heterocycles. The highest BCUT2D eigenvalue weighted by molar-refractivity contribution is 5.92. The van der Waals surface area contributed by atoms with Gasteiger partial charge in [0.1, 0.15) is 6.54 Å². The summed E-state index contributed by atoms with van der Waals surface area (Å²) >= 11 is 0. The maximum absolute atomic E-state index is 13.6. The van der Waals surface area contributed by atoms with Crippen molar-refractivity contribution in [3.8, 4) is 0 Å². The highest BCUT2D eigenvalue weighted by Crippen LogP contribution is 2.42. The van der Waals surface area contributed by atoms with Gasteiger partial charge in [-0.05, 0) is 50.1 Å². The highest BCUT2D eigenvalue weighted by atomic mass is 19.4. The van der Waals surface area contributed by atoms with E-state index < -0.39 is 24.1 Å². The molecule has 158 valence electrons. The van der Waals surface area contributed by atoms with E-state index in [0.717, 1.165) is 37.1 Å². The molecule has 3 aromatic rings. The summed E-state index contributed by atoms with van der Waals surface area (Å²) in [6, 6.07) is 5.42. The number of fused-ring (bicyclic) bond motifs is 1. The van der Waals surface area contributed by atoms with Gasteiger partial charge in [0.25, 0.3) is 6.43 Å². The van der Waals surface area contributed by atoms with Gasteiger partial charge in [-0.1, -0.05) is 0 Å².